The molecule has 0 aromatic carbocycles. The van der Waals surface area contributed by atoms with Gasteiger partial charge in [0.1, 0.15) is 0 Å². The number of aromatic nitrogens is 1. The summed E-state index contributed by atoms with van der Waals surface area (Å²) in [6.07, 6.45) is 4.17. The van der Waals surface area contributed by atoms with Gasteiger partial charge in [-0.05, 0) is 6.07 Å². The monoisotopic (exact) mass is 345 g/mol. The van der Waals surface area contributed by atoms with Crippen LogP contribution in [0.3, 0.4) is 0 Å². The highest BCUT2D eigenvalue weighted by Gasteiger charge is 2.23. The fraction of sp³-hybridized carbons (Fsp3) is 0.529. The number of pyridine rings is 1. The highest BCUT2D eigenvalue weighted by Crippen LogP contribution is 2.18. The summed E-state index contributed by atoms with van der Waals surface area (Å²) in [6, 6.07) is 1.87. The second-order valence-corrected chi connectivity index (χ2v) is 6.36. The molecule has 0 atom stereocenters. The highest BCUT2D eigenvalue weighted by molar-refractivity contribution is 5.95. The molecular weight excluding hydrogens is 322 g/mol. The zero-order valence-corrected chi connectivity index (χ0v) is 14.4. The third-order valence-corrected chi connectivity index (χ3v) is 4.81. The number of rotatable bonds is 3. The highest BCUT2D eigenvalue weighted by atomic mass is 16.2. The van der Waals surface area contributed by atoms with Gasteiger partial charge in [0.05, 0.1) is 17.4 Å². The molecule has 0 N–H and O–H groups in total. The molecule has 3 amide bonds. The van der Waals surface area contributed by atoms with E-state index in [1.807, 2.05) is 11.0 Å². The van der Waals surface area contributed by atoms with E-state index in [2.05, 4.69) is 9.88 Å². The Hall–Kier alpha value is -2.64. The number of piperazine rings is 2. The van der Waals surface area contributed by atoms with Gasteiger partial charge in [-0.2, -0.15) is 0 Å². The fourth-order valence-corrected chi connectivity index (χ4v) is 3.21. The second kappa shape index (κ2) is 7.50. The predicted molar refractivity (Wildman–Crippen MR) is 92.2 cm³/mol. The molecule has 8 nitrogen and oxygen atoms in total. The molecule has 0 bridgehead atoms. The van der Waals surface area contributed by atoms with Crippen LogP contribution in [0.2, 0.25) is 0 Å². The van der Waals surface area contributed by atoms with Gasteiger partial charge in [-0.3, -0.25) is 19.4 Å². The SMILES string of the molecule is CC(=O)N1CCN(c2cncc(C(=O)N3CCN(C=O)CC3)c2)CC1. The maximum Gasteiger partial charge on any atom is 0.255 e. The van der Waals surface area contributed by atoms with Gasteiger partial charge < -0.3 is 19.6 Å². The molecule has 0 aliphatic carbocycles. The normalized spacial score (nSPS) is 18.3. The molecule has 1 aromatic heterocycles. The molecule has 2 aliphatic rings. The van der Waals surface area contributed by atoms with Crippen LogP contribution in [-0.2, 0) is 9.59 Å². The number of carbonyl (C=O) groups excluding carboxylic acids is 3. The molecule has 8 heteroatoms. The molecule has 3 heterocycles. The molecule has 0 spiro atoms. The molecule has 2 aliphatic heterocycles. The summed E-state index contributed by atoms with van der Waals surface area (Å²) in [6.45, 7) is 6.62. The van der Waals surface area contributed by atoms with Crippen molar-refractivity contribution in [3.8, 4) is 0 Å². The summed E-state index contributed by atoms with van der Waals surface area (Å²) in [5, 5.41) is 0. The third-order valence-electron chi connectivity index (χ3n) is 4.81. The molecule has 134 valence electrons. The van der Waals surface area contributed by atoms with Crippen LogP contribution in [-0.4, -0.2) is 90.3 Å². The fourth-order valence-electron chi connectivity index (χ4n) is 3.21. The van der Waals surface area contributed by atoms with Gasteiger partial charge in [0.25, 0.3) is 5.91 Å². The Morgan fingerprint density at radius 2 is 1.60 bits per heavy atom. The molecule has 0 unspecified atom stereocenters. The number of hydrogen-bond acceptors (Lipinski definition) is 5. The Balaban J connectivity index is 1.64. The summed E-state index contributed by atoms with van der Waals surface area (Å²) in [7, 11) is 0. The topological polar surface area (TPSA) is 77.1 Å². The van der Waals surface area contributed by atoms with Crippen molar-refractivity contribution in [3.05, 3.63) is 24.0 Å². The van der Waals surface area contributed by atoms with E-state index in [0.29, 0.717) is 44.8 Å². The van der Waals surface area contributed by atoms with Crippen molar-refractivity contribution in [3.63, 3.8) is 0 Å². The lowest BCUT2D eigenvalue weighted by Crippen LogP contribution is -2.48. The lowest BCUT2D eigenvalue weighted by atomic mass is 10.2. The molecule has 25 heavy (non-hydrogen) atoms. The Bertz CT molecular complexity index is 649. The first-order valence-electron chi connectivity index (χ1n) is 8.52. The molecule has 0 radical (unpaired) electrons. The van der Waals surface area contributed by atoms with Crippen molar-refractivity contribution < 1.29 is 14.4 Å². The minimum absolute atomic E-state index is 0.0535. The van der Waals surface area contributed by atoms with E-state index in [0.717, 1.165) is 25.2 Å². The Kier molecular flexibility index (Phi) is 5.16. The number of anilines is 1. The summed E-state index contributed by atoms with van der Waals surface area (Å²) >= 11 is 0. The van der Waals surface area contributed by atoms with Crippen molar-refractivity contribution >= 4 is 23.9 Å². The minimum Gasteiger partial charge on any atom is -0.367 e. The first-order valence-corrected chi connectivity index (χ1v) is 8.52. The van der Waals surface area contributed by atoms with E-state index in [4.69, 9.17) is 0 Å². The van der Waals surface area contributed by atoms with Crippen molar-refractivity contribution in [2.75, 3.05) is 57.3 Å². The summed E-state index contributed by atoms with van der Waals surface area (Å²) in [5.41, 5.74) is 1.46. The quantitative estimate of drug-likeness (QED) is 0.701. The van der Waals surface area contributed by atoms with Crippen molar-refractivity contribution in [2.45, 2.75) is 6.92 Å². The van der Waals surface area contributed by atoms with Gasteiger partial charge in [0.2, 0.25) is 12.3 Å². The number of carbonyl (C=O) groups is 3. The van der Waals surface area contributed by atoms with Crippen molar-refractivity contribution in [1.29, 1.82) is 0 Å². The average molecular weight is 345 g/mol. The molecule has 0 saturated carbocycles. The molecule has 1 aromatic rings. The lowest BCUT2D eigenvalue weighted by molar-refractivity contribution is -0.129. The van der Waals surface area contributed by atoms with Gasteiger partial charge in [0, 0.05) is 65.5 Å². The smallest absolute Gasteiger partial charge is 0.255 e. The van der Waals surface area contributed by atoms with Gasteiger partial charge in [0.15, 0.2) is 0 Å². The van der Waals surface area contributed by atoms with Crippen molar-refractivity contribution in [2.24, 2.45) is 0 Å². The average Bonchev–Trinajstić information content (AvgIpc) is 2.67. The second-order valence-electron chi connectivity index (χ2n) is 6.36. The Morgan fingerprint density at radius 3 is 2.20 bits per heavy atom. The zero-order valence-electron chi connectivity index (χ0n) is 14.4. The molecule has 3 rings (SSSR count). The third kappa shape index (κ3) is 3.89. The standard InChI is InChI=1S/C17H23N5O3/c1-14(24)20-6-8-21(9-7-20)16-10-15(11-18-12-16)17(25)22-4-2-19(13-23)3-5-22/h10-13H,2-9H2,1H3. The van der Waals surface area contributed by atoms with Gasteiger partial charge >= 0.3 is 0 Å². The van der Waals surface area contributed by atoms with Crippen molar-refractivity contribution in [1.82, 2.24) is 19.7 Å². The predicted octanol–water partition coefficient (Wildman–Crippen LogP) is -0.336. The van der Waals surface area contributed by atoms with E-state index in [-0.39, 0.29) is 11.8 Å². The lowest BCUT2D eigenvalue weighted by Gasteiger charge is -2.36. The van der Waals surface area contributed by atoms with Crippen LogP contribution in [0.4, 0.5) is 5.69 Å². The molecule has 2 fully saturated rings. The van der Waals surface area contributed by atoms with E-state index in [1.54, 1.807) is 29.1 Å². The Morgan fingerprint density at radius 1 is 0.960 bits per heavy atom. The van der Waals surface area contributed by atoms with E-state index in [1.165, 1.54) is 0 Å². The minimum atomic E-state index is -0.0535. The Labute approximate surface area is 147 Å². The van der Waals surface area contributed by atoms with Gasteiger partial charge in [-0.15, -0.1) is 0 Å². The number of nitrogens with zero attached hydrogens (tertiary/aromatic N) is 5. The molecular formula is C17H23N5O3. The maximum atomic E-state index is 12.7. The first-order chi connectivity index (χ1) is 12.1. The molecule has 2 saturated heterocycles. The first kappa shape index (κ1) is 17.2. The van der Waals surface area contributed by atoms with E-state index in [9.17, 15) is 14.4 Å². The summed E-state index contributed by atoms with van der Waals surface area (Å²) in [4.78, 5) is 46.5. The van der Waals surface area contributed by atoms with E-state index < -0.39 is 0 Å². The summed E-state index contributed by atoms with van der Waals surface area (Å²) in [5.74, 6) is 0.0402. The zero-order chi connectivity index (χ0) is 17.8. The van der Waals surface area contributed by atoms with Gasteiger partial charge in [-0.25, -0.2) is 0 Å². The largest absolute Gasteiger partial charge is 0.367 e. The van der Waals surface area contributed by atoms with Crippen LogP contribution in [0, 0.1) is 0 Å². The van der Waals surface area contributed by atoms with Crippen LogP contribution in [0.25, 0.3) is 0 Å². The van der Waals surface area contributed by atoms with E-state index >= 15 is 0 Å². The number of hydrogen-bond donors (Lipinski definition) is 0. The number of amides is 3. The van der Waals surface area contributed by atoms with Crippen LogP contribution >= 0.6 is 0 Å². The van der Waals surface area contributed by atoms with Crippen LogP contribution in [0.1, 0.15) is 17.3 Å². The van der Waals surface area contributed by atoms with Crippen LogP contribution in [0.5, 0.6) is 0 Å². The van der Waals surface area contributed by atoms with Crippen LogP contribution in [0.15, 0.2) is 18.5 Å². The van der Waals surface area contributed by atoms with Crippen LogP contribution < -0.4 is 4.90 Å². The summed E-state index contributed by atoms with van der Waals surface area (Å²) < 4.78 is 0. The van der Waals surface area contributed by atoms with Gasteiger partial charge in [-0.1, -0.05) is 0 Å². The maximum absolute atomic E-state index is 12.7.